The summed E-state index contributed by atoms with van der Waals surface area (Å²) in [6, 6.07) is 8.15. The zero-order valence-corrected chi connectivity index (χ0v) is 11.5. The van der Waals surface area contributed by atoms with Gasteiger partial charge in [-0.15, -0.1) is 0 Å². The minimum absolute atomic E-state index is 0.0823. The molecule has 0 aliphatic heterocycles. The van der Waals surface area contributed by atoms with E-state index in [0.29, 0.717) is 5.56 Å². The molecule has 0 spiro atoms. The van der Waals surface area contributed by atoms with Crippen molar-refractivity contribution in [3.8, 4) is 11.3 Å². The molecule has 2 rings (SSSR count). The van der Waals surface area contributed by atoms with E-state index in [9.17, 15) is 13.2 Å². The van der Waals surface area contributed by atoms with Crippen LogP contribution in [0.15, 0.2) is 30.3 Å². The molecule has 2 nitrogen and oxygen atoms in total. The van der Waals surface area contributed by atoms with Crippen LogP contribution >= 0.6 is 22.6 Å². The number of halogens is 4. The Bertz CT molecular complexity index is 582. The lowest BCUT2D eigenvalue weighted by molar-refractivity contribution is -0.141. The molecule has 0 fully saturated rings. The molecule has 0 aliphatic carbocycles. The third-order valence-electron chi connectivity index (χ3n) is 2.30. The highest BCUT2D eigenvalue weighted by Gasteiger charge is 2.33. The van der Waals surface area contributed by atoms with Crippen LogP contribution in [0.5, 0.6) is 0 Å². The summed E-state index contributed by atoms with van der Waals surface area (Å²) in [6.45, 7) is 1.88. The molecular formula is C12H8F3IN2. The van der Waals surface area contributed by atoms with E-state index in [1.807, 2.05) is 13.0 Å². The van der Waals surface area contributed by atoms with Gasteiger partial charge in [0.2, 0.25) is 0 Å². The quantitative estimate of drug-likeness (QED) is 0.563. The van der Waals surface area contributed by atoms with Crippen molar-refractivity contribution in [2.24, 2.45) is 0 Å². The second-order valence-electron chi connectivity index (χ2n) is 3.77. The Morgan fingerprint density at radius 1 is 1.11 bits per heavy atom. The predicted molar refractivity (Wildman–Crippen MR) is 69.9 cm³/mol. The summed E-state index contributed by atoms with van der Waals surface area (Å²) in [7, 11) is 0. The third kappa shape index (κ3) is 2.98. The molecule has 94 valence electrons. The molecule has 6 heteroatoms. The molecule has 0 unspecified atom stereocenters. The normalized spacial score (nSPS) is 11.6. The van der Waals surface area contributed by atoms with Crippen molar-refractivity contribution in [1.82, 2.24) is 9.97 Å². The summed E-state index contributed by atoms with van der Waals surface area (Å²) < 4.78 is 38.0. The zero-order chi connectivity index (χ0) is 13.3. The van der Waals surface area contributed by atoms with E-state index in [-0.39, 0.29) is 9.53 Å². The predicted octanol–water partition coefficient (Wildman–Crippen LogP) is 4.08. The number of rotatable bonds is 1. The van der Waals surface area contributed by atoms with E-state index in [0.717, 1.165) is 11.6 Å². The fourth-order valence-electron chi connectivity index (χ4n) is 1.52. The highest BCUT2D eigenvalue weighted by molar-refractivity contribution is 14.1. The monoisotopic (exact) mass is 364 g/mol. The van der Waals surface area contributed by atoms with Crippen LogP contribution in [0.3, 0.4) is 0 Å². The van der Waals surface area contributed by atoms with Gasteiger partial charge in [-0.25, -0.2) is 9.97 Å². The van der Waals surface area contributed by atoms with Crippen LogP contribution in [0.1, 0.15) is 11.3 Å². The summed E-state index contributed by atoms with van der Waals surface area (Å²) in [5.41, 5.74) is 0.985. The van der Waals surface area contributed by atoms with Crippen LogP contribution in [0, 0.1) is 10.8 Å². The van der Waals surface area contributed by atoms with Crippen LogP contribution in [0.25, 0.3) is 11.3 Å². The minimum Gasteiger partial charge on any atom is -0.223 e. The second-order valence-corrected chi connectivity index (χ2v) is 4.74. The van der Waals surface area contributed by atoms with Gasteiger partial charge in [0.15, 0.2) is 3.83 Å². The first kappa shape index (κ1) is 13.3. The summed E-state index contributed by atoms with van der Waals surface area (Å²) in [4.78, 5) is 7.44. The number of aromatic nitrogens is 2. The lowest BCUT2D eigenvalue weighted by Crippen LogP contribution is -2.10. The van der Waals surface area contributed by atoms with Gasteiger partial charge in [0, 0.05) is 28.2 Å². The Morgan fingerprint density at radius 2 is 1.83 bits per heavy atom. The van der Waals surface area contributed by atoms with Gasteiger partial charge in [-0.3, -0.25) is 0 Å². The van der Waals surface area contributed by atoms with Crippen LogP contribution in [-0.2, 0) is 6.18 Å². The molecule has 0 amide bonds. The van der Waals surface area contributed by atoms with E-state index in [4.69, 9.17) is 0 Å². The number of aryl methyl sites for hydroxylation is 1. The Hall–Kier alpha value is -1.18. The molecule has 0 saturated carbocycles. The largest absolute Gasteiger partial charge is 0.433 e. The van der Waals surface area contributed by atoms with E-state index >= 15 is 0 Å². The average molecular weight is 364 g/mol. The fraction of sp³-hybridized carbons (Fsp3) is 0.167. The van der Waals surface area contributed by atoms with Crippen molar-refractivity contribution in [3.05, 3.63) is 45.4 Å². The van der Waals surface area contributed by atoms with Crippen molar-refractivity contribution in [3.63, 3.8) is 0 Å². The van der Waals surface area contributed by atoms with Gasteiger partial charge in [-0.1, -0.05) is 23.8 Å². The van der Waals surface area contributed by atoms with Crippen LogP contribution in [-0.4, -0.2) is 9.97 Å². The molecule has 0 saturated heterocycles. The highest BCUT2D eigenvalue weighted by atomic mass is 127. The number of alkyl halides is 3. The van der Waals surface area contributed by atoms with E-state index in [2.05, 4.69) is 9.97 Å². The Balaban J connectivity index is 2.55. The van der Waals surface area contributed by atoms with E-state index < -0.39 is 11.9 Å². The van der Waals surface area contributed by atoms with Gasteiger partial charge in [0.25, 0.3) is 0 Å². The van der Waals surface area contributed by atoms with E-state index in [1.165, 1.54) is 0 Å². The fourth-order valence-corrected chi connectivity index (χ4v) is 2.04. The van der Waals surface area contributed by atoms with Crippen LogP contribution < -0.4 is 0 Å². The molecule has 0 bridgehead atoms. The van der Waals surface area contributed by atoms with Gasteiger partial charge in [-0.05, 0) is 19.1 Å². The number of hydrogen-bond donors (Lipinski definition) is 0. The maximum atomic E-state index is 12.6. The SMILES string of the molecule is Cc1cccc(-c2cc(C(F)(F)F)nc(I)n2)c1. The molecule has 1 aromatic carbocycles. The molecule has 0 atom stereocenters. The molecule has 2 aromatic rings. The molecule has 1 aromatic heterocycles. The first-order valence-corrected chi connectivity index (χ1v) is 6.13. The van der Waals surface area contributed by atoms with Gasteiger partial charge in [0.05, 0.1) is 5.69 Å². The summed E-state index contributed by atoms with van der Waals surface area (Å²) >= 11 is 1.68. The highest BCUT2D eigenvalue weighted by Crippen LogP contribution is 2.30. The van der Waals surface area contributed by atoms with Gasteiger partial charge in [-0.2, -0.15) is 13.2 Å². The lowest BCUT2D eigenvalue weighted by atomic mass is 10.1. The molecule has 1 heterocycles. The number of hydrogen-bond acceptors (Lipinski definition) is 2. The summed E-state index contributed by atoms with van der Waals surface area (Å²) in [6.07, 6.45) is -4.46. The van der Waals surface area contributed by atoms with Crippen molar-refractivity contribution in [1.29, 1.82) is 0 Å². The van der Waals surface area contributed by atoms with Gasteiger partial charge in [0.1, 0.15) is 5.69 Å². The van der Waals surface area contributed by atoms with Crippen molar-refractivity contribution < 1.29 is 13.2 Å². The minimum atomic E-state index is -4.46. The molecule has 0 N–H and O–H groups in total. The lowest BCUT2D eigenvalue weighted by Gasteiger charge is -2.08. The second kappa shape index (κ2) is 4.83. The van der Waals surface area contributed by atoms with Crippen molar-refractivity contribution in [2.75, 3.05) is 0 Å². The molecule has 0 radical (unpaired) electrons. The van der Waals surface area contributed by atoms with Crippen LogP contribution in [0.4, 0.5) is 13.2 Å². The Kier molecular flexibility index (Phi) is 3.56. The van der Waals surface area contributed by atoms with Crippen molar-refractivity contribution in [2.45, 2.75) is 13.1 Å². The van der Waals surface area contributed by atoms with Gasteiger partial charge < -0.3 is 0 Å². The van der Waals surface area contributed by atoms with E-state index in [1.54, 1.807) is 40.8 Å². The molecule has 18 heavy (non-hydrogen) atoms. The summed E-state index contributed by atoms with van der Waals surface area (Å²) in [5, 5.41) is 0. The first-order valence-electron chi connectivity index (χ1n) is 5.05. The topological polar surface area (TPSA) is 25.8 Å². The first-order chi connectivity index (χ1) is 8.36. The van der Waals surface area contributed by atoms with Gasteiger partial charge >= 0.3 is 6.18 Å². The third-order valence-corrected chi connectivity index (χ3v) is 2.79. The standard InChI is InChI=1S/C12H8F3IN2/c1-7-3-2-4-8(5-7)9-6-10(12(13,14)15)18-11(16)17-9/h2-6H,1H3. The number of benzene rings is 1. The van der Waals surface area contributed by atoms with Crippen molar-refractivity contribution >= 4 is 22.6 Å². The summed E-state index contributed by atoms with van der Waals surface area (Å²) in [5.74, 6) is 0. The maximum absolute atomic E-state index is 12.6. The smallest absolute Gasteiger partial charge is 0.223 e. The Labute approximate surface area is 115 Å². The molecular weight excluding hydrogens is 356 g/mol. The zero-order valence-electron chi connectivity index (χ0n) is 9.29. The maximum Gasteiger partial charge on any atom is 0.433 e. The number of nitrogens with zero attached hydrogens (tertiary/aromatic N) is 2. The molecule has 0 aliphatic rings. The Morgan fingerprint density at radius 3 is 2.44 bits per heavy atom. The average Bonchev–Trinajstić information content (AvgIpc) is 2.27. The van der Waals surface area contributed by atoms with Crippen LogP contribution in [0.2, 0.25) is 0 Å².